The van der Waals surface area contributed by atoms with Crippen molar-refractivity contribution in [2.24, 2.45) is 0 Å². The van der Waals surface area contributed by atoms with Crippen molar-refractivity contribution in [3.8, 4) is 5.69 Å². The van der Waals surface area contributed by atoms with Crippen molar-refractivity contribution in [3.63, 3.8) is 0 Å². The summed E-state index contributed by atoms with van der Waals surface area (Å²) in [5.41, 5.74) is 3.64. The van der Waals surface area contributed by atoms with Crippen LogP contribution in [0.5, 0.6) is 0 Å². The second-order valence-corrected chi connectivity index (χ2v) is 4.99. The normalized spacial score (nSPS) is 11.0. The summed E-state index contributed by atoms with van der Waals surface area (Å²) in [5.74, 6) is 0. The van der Waals surface area contributed by atoms with Crippen molar-refractivity contribution in [3.05, 3.63) is 78.4 Å². The SMILES string of the molecule is O=[C]c1ccccc1-n1c2ccccc2c2ccccc21. The van der Waals surface area contributed by atoms with Gasteiger partial charge in [0.05, 0.1) is 22.3 Å². The number of hydrogen-bond acceptors (Lipinski definition) is 1. The van der Waals surface area contributed by atoms with E-state index in [0.29, 0.717) is 5.56 Å². The molecule has 1 radical (unpaired) electrons. The predicted octanol–water partition coefficient (Wildman–Crippen LogP) is 4.24. The Balaban J connectivity index is 2.23. The molecule has 3 aromatic carbocycles. The Hall–Kier alpha value is -2.87. The van der Waals surface area contributed by atoms with Crippen molar-refractivity contribution in [1.29, 1.82) is 0 Å². The average Bonchev–Trinajstić information content (AvgIpc) is 2.89. The Morgan fingerprint density at radius 2 is 1.19 bits per heavy atom. The van der Waals surface area contributed by atoms with Crippen LogP contribution in [0.3, 0.4) is 0 Å². The van der Waals surface area contributed by atoms with Crippen LogP contribution in [0.15, 0.2) is 72.8 Å². The molecule has 0 aliphatic rings. The summed E-state index contributed by atoms with van der Waals surface area (Å²) < 4.78 is 2.13. The number of benzene rings is 3. The summed E-state index contributed by atoms with van der Waals surface area (Å²) in [6, 6.07) is 24.1. The first-order valence-electron chi connectivity index (χ1n) is 6.86. The van der Waals surface area contributed by atoms with E-state index in [1.165, 1.54) is 10.8 Å². The summed E-state index contributed by atoms with van der Waals surface area (Å²) in [6.07, 6.45) is 2.04. The third-order valence-electron chi connectivity index (χ3n) is 3.83. The highest BCUT2D eigenvalue weighted by Crippen LogP contribution is 2.32. The van der Waals surface area contributed by atoms with Crippen LogP contribution in [0.4, 0.5) is 0 Å². The number of hydrogen-bond donors (Lipinski definition) is 0. The molecule has 0 bridgehead atoms. The Bertz CT molecular complexity index is 912. The Morgan fingerprint density at radius 3 is 1.81 bits per heavy atom. The molecule has 2 heteroatoms. The van der Waals surface area contributed by atoms with Gasteiger partial charge in [0.1, 0.15) is 0 Å². The molecule has 4 rings (SSSR count). The summed E-state index contributed by atoms with van der Waals surface area (Å²) in [6.45, 7) is 0. The van der Waals surface area contributed by atoms with Crippen LogP contribution >= 0.6 is 0 Å². The molecule has 4 aromatic rings. The van der Waals surface area contributed by atoms with Crippen LogP contribution < -0.4 is 0 Å². The lowest BCUT2D eigenvalue weighted by Gasteiger charge is -2.09. The molecule has 0 aliphatic carbocycles. The van der Waals surface area contributed by atoms with E-state index < -0.39 is 0 Å². The lowest BCUT2D eigenvalue weighted by atomic mass is 10.2. The molecular formula is C19H12NO. The first-order valence-corrected chi connectivity index (χ1v) is 6.86. The summed E-state index contributed by atoms with van der Waals surface area (Å²) >= 11 is 0. The first kappa shape index (κ1) is 11.9. The van der Waals surface area contributed by atoms with Gasteiger partial charge >= 0.3 is 0 Å². The molecule has 21 heavy (non-hydrogen) atoms. The molecule has 0 aliphatic heterocycles. The van der Waals surface area contributed by atoms with Gasteiger partial charge in [-0.05, 0) is 24.3 Å². The lowest BCUT2D eigenvalue weighted by molar-refractivity contribution is 0.562. The molecule has 2 nitrogen and oxygen atoms in total. The number of aromatic nitrogens is 1. The van der Waals surface area contributed by atoms with Gasteiger partial charge in [0.2, 0.25) is 6.29 Å². The van der Waals surface area contributed by atoms with Gasteiger partial charge in [-0.3, -0.25) is 4.79 Å². The molecule has 0 saturated heterocycles. The van der Waals surface area contributed by atoms with Crippen molar-refractivity contribution in [2.45, 2.75) is 0 Å². The fraction of sp³-hybridized carbons (Fsp3) is 0. The molecule has 0 N–H and O–H groups in total. The summed E-state index contributed by atoms with van der Waals surface area (Å²) in [4.78, 5) is 11.3. The predicted molar refractivity (Wildman–Crippen MR) is 85.6 cm³/mol. The zero-order valence-corrected chi connectivity index (χ0v) is 11.3. The molecule has 1 heterocycles. The molecule has 0 unspecified atom stereocenters. The zero-order chi connectivity index (χ0) is 14.2. The van der Waals surface area contributed by atoms with Gasteiger partial charge in [-0.1, -0.05) is 48.5 Å². The highest BCUT2D eigenvalue weighted by Gasteiger charge is 2.13. The molecule has 0 spiro atoms. The van der Waals surface area contributed by atoms with Gasteiger partial charge in [0.15, 0.2) is 0 Å². The van der Waals surface area contributed by atoms with E-state index >= 15 is 0 Å². The van der Waals surface area contributed by atoms with E-state index in [1.54, 1.807) is 6.07 Å². The van der Waals surface area contributed by atoms with Gasteiger partial charge < -0.3 is 4.57 Å². The molecule has 0 atom stereocenters. The largest absolute Gasteiger partial charge is 0.308 e. The van der Waals surface area contributed by atoms with Crippen LogP contribution in [-0.2, 0) is 4.79 Å². The minimum atomic E-state index is 0.573. The monoisotopic (exact) mass is 270 g/mol. The van der Waals surface area contributed by atoms with E-state index in [2.05, 4.69) is 28.8 Å². The standard InChI is InChI=1S/C19H12NO/c21-13-14-7-1-4-10-17(14)20-18-11-5-2-8-15(18)16-9-3-6-12-19(16)20/h1-12H. The van der Waals surface area contributed by atoms with Crippen molar-refractivity contribution in [1.82, 2.24) is 4.57 Å². The molecular weight excluding hydrogens is 258 g/mol. The van der Waals surface area contributed by atoms with Gasteiger partial charge in [-0.2, -0.15) is 0 Å². The average molecular weight is 270 g/mol. The minimum absolute atomic E-state index is 0.573. The van der Waals surface area contributed by atoms with E-state index in [9.17, 15) is 4.79 Å². The van der Waals surface area contributed by atoms with Gasteiger partial charge in [0, 0.05) is 10.8 Å². The third-order valence-corrected chi connectivity index (χ3v) is 3.83. The second kappa shape index (κ2) is 4.60. The van der Waals surface area contributed by atoms with Crippen molar-refractivity contribution in [2.75, 3.05) is 0 Å². The van der Waals surface area contributed by atoms with Crippen molar-refractivity contribution < 1.29 is 4.79 Å². The zero-order valence-electron chi connectivity index (χ0n) is 11.3. The highest BCUT2D eigenvalue weighted by molar-refractivity contribution is 6.09. The first-order chi connectivity index (χ1) is 10.4. The Morgan fingerprint density at radius 1 is 0.667 bits per heavy atom. The maximum Gasteiger partial charge on any atom is 0.235 e. The number of carbonyl (C=O) groups excluding carboxylic acids is 1. The minimum Gasteiger partial charge on any atom is -0.308 e. The van der Waals surface area contributed by atoms with Crippen LogP contribution in [0.2, 0.25) is 0 Å². The number of para-hydroxylation sites is 3. The fourth-order valence-electron chi connectivity index (χ4n) is 2.94. The maximum absolute atomic E-state index is 11.3. The van der Waals surface area contributed by atoms with Crippen LogP contribution in [0.1, 0.15) is 5.56 Å². The number of nitrogens with zero attached hydrogens (tertiary/aromatic N) is 1. The molecule has 0 fully saturated rings. The summed E-state index contributed by atoms with van der Waals surface area (Å²) in [5, 5.41) is 2.38. The van der Waals surface area contributed by atoms with Crippen LogP contribution in [-0.4, -0.2) is 10.9 Å². The lowest BCUT2D eigenvalue weighted by Crippen LogP contribution is -1.98. The fourth-order valence-corrected chi connectivity index (χ4v) is 2.94. The van der Waals surface area contributed by atoms with Crippen LogP contribution in [0.25, 0.3) is 27.5 Å². The molecule has 0 saturated carbocycles. The second-order valence-electron chi connectivity index (χ2n) is 4.99. The van der Waals surface area contributed by atoms with Gasteiger partial charge in [-0.25, -0.2) is 0 Å². The maximum atomic E-state index is 11.3. The molecule has 0 amide bonds. The number of rotatable bonds is 2. The quantitative estimate of drug-likeness (QED) is 0.534. The molecule has 1 aromatic heterocycles. The van der Waals surface area contributed by atoms with E-state index in [4.69, 9.17) is 0 Å². The van der Waals surface area contributed by atoms with Gasteiger partial charge in [0.25, 0.3) is 0 Å². The third kappa shape index (κ3) is 1.69. The van der Waals surface area contributed by atoms with E-state index in [-0.39, 0.29) is 0 Å². The number of fused-ring (bicyclic) bond motifs is 3. The van der Waals surface area contributed by atoms with E-state index in [0.717, 1.165) is 16.7 Å². The molecule has 99 valence electrons. The smallest absolute Gasteiger partial charge is 0.235 e. The topological polar surface area (TPSA) is 22.0 Å². The van der Waals surface area contributed by atoms with E-state index in [1.807, 2.05) is 48.8 Å². The Labute approximate surface area is 122 Å². The van der Waals surface area contributed by atoms with Crippen molar-refractivity contribution >= 4 is 28.1 Å². The van der Waals surface area contributed by atoms with Gasteiger partial charge in [-0.15, -0.1) is 0 Å². The summed E-state index contributed by atoms with van der Waals surface area (Å²) in [7, 11) is 0. The highest BCUT2D eigenvalue weighted by atomic mass is 16.1. The van der Waals surface area contributed by atoms with Crippen LogP contribution in [0, 0.1) is 0 Å². The Kier molecular flexibility index (Phi) is 2.61.